The number of halogens is 2. The Bertz CT molecular complexity index is 362. The Labute approximate surface area is 92.6 Å². The van der Waals surface area contributed by atoms with Crippen LogP contribution >= 0.6 is 11.6 Å². The molecule has 4 heteroatoms. The molecular weight excluding hydrogens is 219 g/mol. The minimum absolute atomic E-state index is 0.144. The summed E-state index contributed by atoms with van der Waals surface area (Å²) >= 11 is 5.65. The maximum absolute atomic E-state index is 13.6. The van der Waals surface area contributed by atoms with E-state index in [9.17, 15) is 9.50 Å². The summed E-state index contributed by atoms with van der Waals surface area (Å²) in [4.78, 5) is 0. The van der Waals surface area contributed by atoms with Crippen LogP contribution in [-0.2, 0) is 10.3 Å². The highest BCUT2D eigenvalue weighted by Crippen LogP contribution is 2.32. The van der Waals surface area contributed by atoms with E-state index in [4.69, 9.17) is 16.3 Å². The second kappa shape index (κ2) is 4.08. The van der Waals surface area contributed by atoms with Gasteiger partial charge in [-0.15, -0.1) is 0 Å². The highest BCUT2D eigenvalue weighted by molar-refractivity contribution is 6.30. The first-order chi connectivity index (χ1) is 7.12. The zero-order valence-corrected chi connectivity index (χ0v) is 8.93. The SMILES string of the molecule is OC1(c2ccc(Cl)cc2F)CCCOC1. The van der Waals surface area contributed by atoms with Crippen LogP contribution in [0.3, 0.4) is 0 Å². The molecule has 1 unspecified atom stereocenters. The largest absolute Gasteiger partial charge is 0.383 e. The van der Waals surface area contributed by atoms with Crippen LogP contribution in [0.5, 0.6) is 0 Å². The van der Waals surface area contributed by atoms with Crippen molar-refractivity contribution in [1.29, 1.82) is 0 Å². The van der Waals surface area contributed by atoms with Crippen LogP contribution in [0.2, 0.25) is 5.02 Å². The predicted octanol–water partition coefficient (Wildman–Crippen LogP) is 2.48. The average molecular weight is 231 g/mol. The predicted molar refractivity (Wildman–Crippen MR) is 55.4 cm³/mol. The fourth-order valence-electron chi connectivity index (χ4n) is 1.86. The average Bonchev–Trinajstić information content (AvgIpc) is 2.18. The fourth-order valence-corrected chi connectivity index (χ4v) is 2.02. The van der Waals surface area contributed by atoms with Crippen LogP contribution in [0, 0.1) is 5.82 Å². The molecule has 82 valence electrons. The third kappa shape index (κ3) is 2.14. The molecule has 1 aliphatic rings. The molecule has 0 bridgehead atoms. The Balaban J connectivity index is 2.35. The van der Waals surface area contributed by atoms with Gasteiger partial charge in [-0.2, -0.15) is 0 Å². The van der Waals surface area contributed by atoms with Gasteiger partial charge in [-0.1, -0.05) is 17.7 Å². The van der Waals surface area contributed by atoms with Crippen LogP contribution in [0.1, 0.15) is 18.4 Å². The minimum Gasteiger partial charge on any atom is -0.383 e. The van der Waals surface area contributed by atoms with Gasteiger partial charge < -0.3 is 9.84 Å². The van der Waals surface area contributed by atoms with Gasteiger partial charge in [0, 0.05) is 17.2 Å². The number of ether oxygens (including phenoxy) is 1. The Morgan fingerprint density at radius 1 is 1.47 bits per heavy atom. The van der Waals surface area contributed by atoms with Crippen molar-refractivity contribution in [3.05, 3.63) is 34.6 Å². The molecule has 1 heterocycles. The van der Waals surface area contributed by atoms with Crippen LogP contribution in [-0.4, -0.2) is 18.3 Å². The molecule has 1 fully saturated rings. The van der Waals surface area contributed by atoms with Crippen LogP contribution < -0.4 is 0 Å². The summed E-state index contributed by atoms with van der Waals surface area (Å²) in [5.41, 5.74) is -0.931. The summed E-state index contributed by atoms with van der Waals surface area (Å²) in [5.74, 6) is -0.476. The standard InChI is InChI=1S/C11H12ClFO2/c12-8-2-3-9(10(13)6-8)11(14)4-1-5-15-7-11/h2-3,6,14H,1,4-5,7H2. The number of rotatable bonds is 1. The zero-order chi connectivity index (χ0) is 10.9. The second-order valence-corrected chi connectivity index (χ2v) is 4.25. The quantitative estimate of drug-likeness (QED) is 0.803. The van der Waals surface area contributed by atoms with Gasteiger partial charge in [0.15, 0.2) is 0 Å². The third-order valence-corrected chi connectivity index (χ3v) is 2.89. The Kier molecular flexibility index (Phi) is 2.96. The summed E-state index contributed by atoms with van der Waals surface area (Å²) < 4.78 is 18.8. The van der Waals surface area contributed by atoms with Crippen molar-refractivity contribution >= 4 is 11.6 Å². The summed E-state index contributed by atoms with van der Waals surface area (Å²) in [7, 11) is 0. The zero-order valence-electron chi connectivity index (χ0n) is 8.17. The van der Waals surface area contributed by atoms with E-state index < -0.39 is 11.4 Å². The summed E-state index contributed by atoms with van der Waals surface area (Å²) in [5, 5.41) is 10.5. The van der Waals surface area contributed by atoms with Crippen molar-refractivity contribution < 1.29 is 14.2 Å². The lowest BCUT2D eigenvalue weighted by Gasteiger charge is -2.32. The molecule has 1 aromatic carbocycles. The van der Waals surface area contributed by atoms with Crippen molar-refractivity contribution in [3.63, 3.8) is 0 Å². The molecule has 1 atom stereocenters. The number of hydrogen-bond donors (Lipinski definition) is 1. The van der Waals surface area contributed by atoms with E-state index in [0.717, 1.165) is 6.42 Å². The molecule has 0 aromatic heterocycles. The van der Waals surface area contributed by atoms with E-state index in [-0.39, 0.29) is 12.2 Å². The normalized spacial score (nSPS) is 26.6. The summed E-state index contributed by atoms with van der Waals surface area (Å²) in [6.45, 7) is 0.767. The van der Waals surface area contributed by atoms with Gasteiger partial charge >= 0.3 is 0 Å². The highest BCUT2D eigenvalue weighted by Gasteiger charge is 2.34. The summed E-state index contributed by atoms with van der Waals surface area (Å²) in [6, 6.07) is 4.31. The molecule has 0 amide bonds. The molecule has 1 aliphatic heterocycles. The van der Waals surface area contributed by atoms with E-state index >= 15 is 0 Å². The Morgan fingerprint density at radius 2 is 2.27 bits per heavy atom. The summed E-state index contributed by atoms with van der Waals surface area (Å²) in [6.07, 6.45) is 1.25. The lowest BCUT2D eigenvalue weighted by atomic mass is 9.88. The molecule has 2 rings (SSSR count). The first-order valence-corrected chi connectivity index (χ1v) is 5.25. The van der Waals surface area contributed by atoms with E-state index in [0.29, 0.717) is 18.1 Å². The lowest BCUT2D eigenvalue weighted by Crippen LogP contribution is -2.36. The van der Waals surface area contributed by atoms with Crippen LogP contribution in [0.25, 0.3) is 0 Å². The lowest BCUT2D eigenvalue weighted by molar-refractivity contribution is -0.0920. The molecule has 15 heavy (non-hydrogen) atoms. The molecule has 1 N–H and O–H groups in total. The number of hydrogen-bond acceptors (Lipinski definition) is 2. The first-order valence-electron chi connectivity index (χ1n) is 4.87. The van der Waals surface area contributed by atoms with Gasteiger partial charge in [0.25, 0.3) is 0 Å². The molecule has 0 spiro atoms. The second-order valence-electron chi connectivity index (χ2n) is 3.81. The topological polar surface area (TPSA) is 29.5 Å². The smallest absolute Gasteiger partial charge is 0.130 e. The molecule has 0 radical (unpaired) electrons. The van der Waals surface area contributed by atoms with Crippen LogP contribution in [0.15, 0.2) is 18.2 Å². The van der Waals surface area contributed by atoms with E-state index in [1.54, 1.807) is 6.07 Å². The van der Waals surface area contributed by atoms with Crippen LogP contribution in [0.4, 0.5) is 4.39 Å². The van der Waals surface area contributed by atoms with Crippen molar-refractivity contribution in [3.8, 4) is 0 Å². The first kappa shape index (κ1) is 10.9. The molecule has 1 saturated heterocycles. The Morgan fingerprint density at radius 3 is 2.87 bits per heavy atom. The fraction of sp³-hybridized carbons (Fsp3) is 0.455. The monoisotopic (exact) mass is 230 g/mol. The third-order valence-electron chi connectivity index (χ3n) is 2.65. The van der Waals surface area contributed by atoms with Crippen molar-refractivity contribution in [2.75, 3.05) is 13.2 Å². The van der Waals surface area contributed by atoms with E-state index in [1.807, 2.05) is 0 Å². The highest BCUT2D eigenvalue weighted by atomic mass is 35.5. The van der Waals surface area contributed by atoms with Gasteiger partial charge in [0.1, 0.15) is 11.4 Å². The van der Waals surface area contributed by atoms with Crippen molar-refractivity contribution in [1.82, 2.24) is 0 Å². The maximum atomic E-state index is 13.6. The Hall–Kier alpha value is -0.640. The number of aliphatic hydroxyl groups is 1. The van der Waals surface area contributed by atoms with Crippen molar-refractivity contribution in [2.24, 2.45) is 0 Å². The minimum atomic E-state index is -1.20. The van der Waals surface area contributed by atoms with Gasteiger partial charge in [0.05, 0.1) is 6.61 Å². The number of benzene rings is 1. The molecule has 2 nitrogen and oxygen atoms in total. The van der Waals surface area contributed by atoms with Gasteiger partial charge in [-0.05, 0) is 25.0 Å². The van der Waals surface area contributed by atoms with Gasteiger partial charge in [-0.3, -0.25) is 0 Å². The molecular formula is C11H12ClFO2. The molecule has 1 aromatic rings. The van der Waals surface area contributed by atoms with Gasteiger partial charge in [-0.25, -0.2) is 4.39 Å². The molecule has 0 aliphatic carbocycles. The van der Waals surface area contributed by atoms with E-state index in [1.165, 1.54) is 12.1 Å². The van der Waals surface area contributed by atoms with E-state index in [2.05, 4.69) is 0 Å². The van der Waals surface area contributed by atoms with Crippen molar-refractivity contribution in [2.45, 2.75) is 18.4 Å². The maximum Gasteiger partial charge on any atom is 0.130 e. The van der Waals surface area contributed by atoms with Gasteiger partial charge in [0.2, 0.25) is 0 Å². The molecule has 0 saturated carbocycles.